The van der Waals surface area contributed by atoms with Crippen LogP contribution in [0.5, 0.6) is 0 Å². The summed E-state index contributed by atoms with van der Waals surface area (Å²) in [4.78, 5) is 24.0. The molecule has 0 aromatic carbocycles. The third-order valence-corrected chi connectivity index (χ3v) is 3.20. The summed E-state index contributed by atoms with van der Waals surface area (Å²) in [6.45, 7) is 1.87. The summed E-state index contributed by atoms with van der Waals surface area (Å²) in [5, 5.41) is 3.07. The van der Waals surface area contributed by atoms with Gasteiger partial charge in [0, 0.05) is 19.4 Å². The Labute approximate surface area is 120 Å². The van der Waals surface area contributed by atoms with Gasteiger partial charge in [0.1, 0.15) is 5.54 Å². The van der Waals surface area contributed by atoms with Gasteiger partial charge in [0.2, 0.25) is 0 Å². The van der Waals surface area contributed by atoms with Crippen molar-refractivity contribution in [3.63, 3.8) is 0 Å². The van der Waals surface area contributed by atoms with E-state index in [2.05, 4.69) is 5.32 Å². The average Bonchev–Trinajstić information content (AvgIpc) is 2.42. The molecule has 0 spiro atoms. The van der Waals surface area contributed by atoms with Crippen LogP contribution < -0.4 is 28.3 Å². The summed E-state index contributed by atoms with van der Waals surface area (Å²) in [5.74, 6) is -0.652. The van der Waals surface area contributed by atoms with E-state index >= 15 is 0 Å². The Balaban J connectivity index is 4.39. The molecular weight excluding hydrogens is 258 g/mol. The van der Waals surface area contributed by atoms with Crippen LogP contribution in [0.15, 0.2) is 0 Å². The topological polar surface area (TPSA) is 150 Å². The van der Waals surface area contributed by atoms with E-state index in [1.54, 1.807) is 0 Å². The fraction of sp³-hybridized carbons (Fsp3) is 0.846. The molecule has 0 aliphatic carbocycles. The van der Waals surface area contributed by atoms with E-state index in [0.29, 0.717) is 13.1 Å². The van der Waals surface area contributed by atoms with Crippen molar-refractivity contribution in [2.75, 3.05) is 32.7 Å². The van der Waals surface area contributed by atoms with Gasteiger partial charge in [-0.25, -0.2) is 0 Å². The summed E-state index contributed by atoms with van der Waals surface area (Å²) in [6.07, 6.45) is 3.11. The van der Waals surface area contributed by atoms with Gasteiger partial charge in [-0.05, 0) is 39.0 Å². The van der Waals surface area contributed by atoms with E-state index in [0.717, 1.165) is 19.3 Å². The molecule has 118 valence electrons. The number of rotatable bonds is 13. The van der Waals surface area contributed by atoms with Gasteiger partial charge in [0.05, 0.1) is 0 Å². The summed E-state index contributed by atoms with van der Waals surface area (Å²) >= 11 is 0. The number of unbranched alkanes of at least 4 members (excludes halogenated alkanes) is 2. The van der Waals surface area contributed by atoms with Crippen molar-refractivity contribution in [2.24, 2.45) is 22.9 Å². The van der Waals surface area contributed by atoms with E-state index in [1.165, 1.54) is 0 Å². The molecule has 0 bridgehead atoms. The predicted octanol–water partition coefficient (Wildman–Crippen LogP) is -1.76. The largest absolute Gasteiger partial charge is 0.330 e. The number of nitrogens with two attached hydrogens (primary N) is 4. The minimum atomic E-state index is -1.51. The van der Waals surface area contributed by atoms with Crippen molar-refractivity contribution in [2.45, 2.75) is 37.6 Å². The van der Waals surface area contributed by atoms with Crippen LogP contribution in [0.25, 0.3) is 0 Å². The molecule has 0 aromatic heterocycles. The van der Waals surface area contributed by atoms with Crippen molar-refractivity contribution in [3.05, 3.63) is 0 Å². The van der Waals surface area contributed by atoms with Crippen molar-refractivity contribution in [3.8, 4) is 0 Å². The van der Waals surface area contributed by atoms with Crippen LogP contribution in [-0.4, -0.2) is 49.8 Å². The lowest BCUT2D eigenvalue weighted by molar-refractivity contribution is -0.134. The number of Topliss-reactive ketones (excluding diaryl/α,β-unsaturated/α-hetero) is 2. The number of carbonyl (C=O) groups excluding carboxylic acids is 2. The first-order valence-electron chi connectivity index (χ1n) is 7.19. The normalized spacial score (nSPS) is 11.6. The third kappa shape index (κ3) is 6.53. The van der Waals surface area contributed by atoms with Gasteiger partial charge in [0.25, 0.3) is 0 Å². The molecule has 7 heteroatoms. The zero-order chi connectivity index (χ0) is 15.4. The Kier molecular flexibility index (Phi) is 10.4. The molecule has 0 aromatic rings. The number of hydrogen-bond acceptors (Lipinski definition) is 7. The molecule has 0 heterocycles. The molecule has 20 heavy (non-hydrogen) atoms. The summed E-state index contributed by atoms with van der Waals surface area (Å²) in [6, 6.07) is 0. The Morgan fingerprint density at radius 1 is 0.850 bits per heavy atom. The van der Waals surface area contributed by atoms with Crippen molar-refractivity contribution >= 4 is 11.6 Å². The van der Waals surface area contributed by atoms with Crippen LogP contribution in [0.2, 0.25) is 0 Å². The maximum absolute atomic E-state index is 12.0. The Hall–Kier alpha value is -0.860. The van der Waals surface area contributed by atoms with E-state index in [1.807, 2.05) is 0 Å². The number of ketones is 2. The highest BCUT2D eigenvalue weighted by atomic mass is 16.2. The quantitative estimate of drug-likeness (QED) is 0.199. The third-order valence-electron chi connectivity index (χ3n) is 3.20. The van der Waals surface area contributed by atoms with Crippen molar-refractivity contribution in [1.82, 2.24) is 5.32 Å². The molecule has 0 fully saturated rings. The number of hydrogen-bond donors (Lipinski definition) is 5. The zero-order valence-electron chi connectivity index (χ0n) is 12.2. The van der Waals surface area contributed by atoms with Crippen molar-refractivity contribution in [1.29, 1.82) is 0 Å². The Bertz CT molecular complexity index is 278. The highest BCUT2D eigenvalue weighted by molar-refractivity contribution is 6.11. The molecule has 0 unspecified atom stereocenters. The number of carbonyl (C=O) groups is 2. The van der Waals surface area contributed by atoms with Crippen LogP contribution in [-0.2, 0) is 9.59 Å². The van der Waals surface area contributed by atoms with Crippen LogP contribution in [0.1, 0.15) is 32.1 Å². The Morgan fingerprint density at radius 2 is 1.40 bits per heavy atom. The molecule has 0 amide bonds. The molecule has 0 rings (SSSR count). The van der Waals surface area contributed by atoms with Crippen LogP contribution in [0, 0.1) is 0 Å². The maximum atomic E-state index is 12.0. The minimum Gasteiger partial charge on any atom is -0.330 e. The van der Waals surface area contributed by atoms with E-state index < -0.39 is 5.54 Å². The second-order valence-electron chi connectivity index (χ2n) is 4.92. The SMILES string of the molecule is NCCCCCNCC(N)(C(=O)CCN)C(=O)CCN. The first-order chi connectivity index (χ1) is 9.52. The molecule has 0 saturated heterocycles. The van der Waals surface area contributed by atoms with Crippen molar-refractivity contribution < 1.29 is 9.59 Å². The first-order valence-corrected chi connectivity index (χ1v) is 7.19. The summed E-state index contributed by atoms with van der Waals surface area (Å²) in [7, 11) is 0. The monoisotopic (exact) mass is 287 g/mol. The predicted molar refractivity (Wildman–Crippen MR) is 80.1 cm³/mol. The zero-order valence-corrected chi connectivity index (χ0v) is 12.2. The standard InChI is InChI=1S/C13H29N5O2/c14-6-2-1-3-9-18-10-13(17,11(19)4-7-15)12(20)5-8-16/h18H,1-10,14-17H2. The Morgan fingerprint density at radius 3 is 1.85 bits per heavy atom. The molecule has 7 nitrogen and oxygen atoms in total. The van der Waals surface area contributed by atoms with E-state index in [9.17, 15) is 9.59 Å². The number of nitrogens with one attached hydrogen (secondary N) is 1. The molecule has 0 aliphatic rings. The summed E-state index contributed by atoms with van der Waals surface area (Å²) < 4.78 is 0. The van der Waals surface area contributed by atoms with Gasteiger partial charge in [0.15, 0.2) is 11.6 Å². The fourth-order valence-corrected chi connectivity index (χ4v) is 1.92. The van der Waals surface area contributed by atoms with Gasteiger partial charge in [-0.2, -0.15) is 0 Å². The molecule has 0 atom stereocenters. The average molecular weight is 287 g/mol. The van der Waals surface area contributed by atoms with Gasteiger partial charge in [-0.1, -0.05) is 6.42 Å². The molecule has 0 radical (unpaired) electrons. The second kappa shape index (κ2) is 10.9. The van der Waals surface area contributed by atoms with Gasteiger partial charge in [-0.3, -0.25) is 9.59 Å². The smallest absolute Gasteiger partial charge is 0.162 e. The lowest BCUT2D eigenvalue weighted by Gasteiger charge is -2.27. The van der Waals surface area contributed by atoms with Crippen LogP contribution >= 0.6 is 0 Å². The first kappa shape index (κ1) is 19.1. The van der Waals surface area contributed by atoms with E-state index in [4.69, 9.17) is 22.9 Å². The van der Waals surface area contributed by atoms with E-state index in [-0.39, 0.29) is 44.0 Å². The maximum Gasteiger partial charge on any atom is 0.162 e. The highest BCUT2D eigenvalue weighted by Gasteiger charge is 2.39. The highest BCUT2D eigenvalue weighted by Crippen LogP contribution is 2.09. The van der Waals surface area contributed by atoms with Crippen LogP contribution in [0.3, 0.4) is 0 Å². The lowest BCUT2D eigenvalue weighted by Crippen LogP contribution is -2.61. The molecule has 0 saturated carbocycles. The fourth-order valence-electron chi connectivity index (χ4n) is 1.92. The van der Waals surface area contributed by atoms with Crippen LogP contribution in [0.4, 0.5) is 0 Å². The van der Waals surface area contributed by atoms with Gasteiger partial charge in [-0.15, -0.1) is 0 Å². The minimum absolute atomic E-state index is 0.0989. The summed E-state index contributed by atoms with van der Waals surface area (Å²) in [5.41, 5.74) is 20.6. The molecule has 9 N–H and O–H groups in total. The van der Waals surface area contributed by atoms with Gasteiger partial charge >= 0.3 is 0 Å². The molecule has 0 aliphatic heterocycles. The lowest BCUT2D eigenvalue weighted by atomic mass is 9.86. The molecular formula is C13H29N5O2. The second-order valence-corrected chi connectivity index (χ2v) is 4.92. The van der Waals surface area contributed by atoms with Gasteiger partial charge < -0.3 is 28.3 Å².